The molecule has 0 saturated heterocycles. The highest BCUT2D eigenvalue weighted by Crippen LogP contribution is 2.33. The van der Waals surface area contributed by atoms with E-state index in [0.29, 0.717) is 0 Å². The molecule has 3 rings (SSSR count). The van der Waals surface area contributed by atoms with Crippen LogP contribution in [0, 0.1) is 12.7 Å². The lowest BCUT2D eigenvalue weighted by molar-refractivity contribution is 0.624. The van der Waals surface area contributed by atoms with Crippen molar-refractivity contribution < 1.29 is 4.39 Å². The van der Waals surface area contributed by atoms with Gasteiger partial charge in [0, 0.05) is 24.5 Å². The van der Waals surface area contributed by atoms with Crippen LogP contribution >= 0.6 is 0 Å². The van der Waals surface area contributed by atoms with E-state index in [1.54, 1.807) is 12.1 Å². The van der Waals surface area contributed by atoms with Crippen LogP contribution in [-0.2, 0) is 13.0 Å². The van der Waals surface area contributed by atoms with Crippen molar-refractivity contribution in [1.82, 2.24) is 0 Å². The average Bonchev–Trinajstić information content (AvgIpc) is 2.73. The zero-order valence-electron chi connectivity index (χ0n) is 11.0. The van der Waals surface area contributed by atoms with Gasteiger partial charge in [0.05, 0.1) is 0 Å². The number of anilines is 2. The predicted octanol–water partition coefficient (Wildman–Crippen LogP) is 3.28. The Balaban J connectivity index is 1.88. The molecule has 0 aliphatic carbocycles. The molecule has 0 unspecified atom stereocenters. The topological polar surface area (TPSA) is 29.3 Å². The van der Waals surface area contributed by atoms with Crippen molar-refractivity contribution in [1.29, 1.82) is 0 Å². The maximum absolute atomic E-state index is 13.2. The molecule has 2 aromatic rings. The highest BCUT2D eigenvalue weighted by Gasteiger charge is 2.20. The van der Waals surface area contributed by atoms with Gasteiger partial charge < -0.3 is 10.6 Å². The van der Waals surface area contributed by atoms with Crippen LogP contribution in [0.25, 0.3) is 0 Å². The van der Waals surface area contributed by atoms with Crippen LogP contribution in [0.1, 0.15) is 16.7 Å². The number of hydrogen-bond acceptors (Lipinski definition) is 2. The van der Waals surface area contributed by atoms with E-state index < -0.39 is 0 Å². The average molecular weight is 256 g/mol. The van der Waals surface area contributed by atoms with E-state index in [0.717, 1.165) is 36.3 Å². The van der Waals surface area contributed by atoms with Crippen LogP contribution in [0.15, 0.2) is 36.4 Å². The van der Waals surface area contributed by atoms with Gasteiger partial charge in [-0.05, 0) is 48.2 Å². The summed E-state index contributed by atoms with van der Waals surface area (Å²) in [4.78, 5) is 2.26. The number of nitrogen functional groups attached to an aromatic ring is 1. The smallest absolute Gasteiger partial charge is 0.123 e. The zero-order chi connectivity index (χ0) is 13.4. The summed E-state index contributed by atoms with van der Waals surface area (Å²) < 4.78 is 13.2. The largest absolute Gasteiger partial charge is 0.398 e. The molecule has 1 aliphatic heterocycles. The Labute approximate surface area is 112 Å². The highest BCUT2D eigenvalue weighted by atomic mass is 19.1. The molecule has 19 heavy (non-hydrogen) atoms. The van der Waals surface area contributed by atoms with Gasteiger partial charge in [0.15, 0.2) is 0 Å². The van der Waals surface area contributed by atoms with Crippen molar-refractivity contribution in [3.05, 3.63) is 58.9 Å². The molecule has 1 heterocycles. The highest BCUT2D eigenvalue weighted by molar-refractivity contribution is 5.67. The molecule has 0 radical (unpaired) electrons. The summed E-state index contributed by atoms with van der Waals surface area (Å²) in [5.74, 6) is -0.180. The molecular formula is C16H17FN2. The first-order chi connectivity index (χ1) is 9.13. The van der Waals surface area contributed by atoms with Crippen molar-refractivity contribution in [2.45, 2.75) is 19.9 Å². The quantitative estimate of drug-likeness (QED) is 0.835. The Bertz CT molecular complexity index is 622. The van der Waals surface area contributed by atoms with Gasteiger partial charge >= 0.3 is 0 Å². The van der Waals surface area contributed by atoms with Crippen LogP contribution in [0.5, 0.6) is 0 Å². The van der Waals surface area contributed by atoms with Crippen molar-refractivity contribution in [3.63, 3.8) is 0 Å². The molecule has 0 saturated carbocycles. The lowest BCUT2D eigenvalue weighted by Gasteiger charge is -2.20. The van der Waals surface area contributed by atoms with Crippen LogP contribution in [0.2, 0.25) is 0 Å². The number of nitrogens with two attached hydrogens (primary N) is 1. The lowest BCUT2D eigenvalue weighted by atomic mass is 10.1. The Kier molecular flexibility index (Phi) is 2.90. The van der Waals surface area contributed by atoms with E-state index in [1.807, 2.05) is 19.1 Å². The molecule has 0 bridgehead atoms. The van der Waals surface area contributed by atoms with E-state index in [-0.39, 0.29) is 5.82 Å². The van der Waals surface area contributed by atoms with Crippen LogP contribution in [0.3, 0.4) is 0 Å². The third-order valence-corrected chi connectivity index (χ3v) is 3.72. The van der Waals surface area contributed by atoms with E-state index in [1.165, 1.54) is 17.3 Å². The number of benzene rings is 2. The molecule has 98 valence electrons. The molecule has 0 fully saturated rings. The standard InChI is InChI=1S/C16H17FN2/c1-11-7-13-5-6-19(16(13)9-15(11)18)10-12-3-2-4-14(17)8-12/h2-4,7-9H,5-6,10,18H2,1H3. The minimum Gasteiger partial charge on any atom is -0.398 e. The summed E-state index contributed by atoms with van der Waals surface area (Å²) >= 11 is 0. The third kappa shape index (κ3) is 2.28. The molecule has 0 spiro atoms. The predicted molar refractivity (Wildman–Crippen MR) is 76.7 cm³/mol. The Morgan fingerprint density at radius 2 is 2.11 bits per heavy atom. The van der Waals surface area contributed by atoms with Crippen molar-refractivity contribution in [2.75, 3.05) is 17.2 Å². The fourth-order valence-electron chi connectivity index (χ4n) is 2.66. The summed E-state index contributed by atoms with van der Waals surface area (Å²) in [6.07, 6.45) is 1.03. The van der Waals surface area contributed by atoms with Gasteiger partial charge in [0.2, 0.25) is 0 Å². The maximum Gasteiger partial charge on any atom is 0.123 e. The van der Waals surface area contributed by atoms with Crippen LogP contribution in [-0.4, -0.2) is 6.54 Å². The number of rotatable bonds is 2. The first-order valence-corrected chi connectivity index (χ1v) is 6.52. The lowest BCUT2D eigenvalue weighted by Crippen LogP contribution is -2.19. The van der Waals surface area contributed by atoms with Crippen LogP contribution < -0.4 is 10.6 Å². The Morgan fingerprint density at radius 3 is 2.89 bits per heavy atom. The molecule has 2 N–H and O–H groups in total. The van der Waals surface area contributed by atoms with Gasteiger partial charge in [-0.15, -0.1) is 0 Å². The first-order valence-electron chi connectivity index (χ1n) is 6.52. The third-order valence-electron chi connectivity index (χ3n) is 3.72. The van der Waals surface area contributed by atoms with Gasteiger partial charge in [-0.2, -0.15) is 0 Å². The molecule has 3 heteroatoms. The van der Waals surface area contributed by atoms with Crippen molar-refractivity contribution in [2.24, 2.45) is 0 Å². The zero-order valence-corrected chi connectivity index (χ0v) is 11.0. The van der Waals surface area contributed by atoms with E-state index in [2.05, 4.69) is 11.0 Å². The molecule has 1 aliphatic rings. The monoisotopic (exact) mass is 256 g/mol. The summed E-state index contributed by atoms with van der Waals surface area (Å²) in [5.41, 5.74) is 11.5. The number of halogens is 1. The second-order valence-corrected chi connectivity index (χ2v) is 5.14. The number of aryl methyl sites for hydroxylation is 1. The summed E-state index contributed by atoms with van der Waals surface area (Å²) in [6.45, 7) is 3.73. The van der Waals surface area contributed by atoms with E-state index in [9.17, 15) is 4.39 Å². The first kappa shape index (κ1) is 12.0. The molecule has 0 aromatic heterocycles. The molecule has 0 atom stereocenters. The van der Waals surface area contributed by atoms with Gasteiger partial charge in [-0.3, -0.25) is 0 Å². The minimum absolute atomic E-state index is 0.180. The number of nitrogens with zero attached hydrogens (tertiary/aromatic N) is 1. The molecule has 0 amide bonds. The van der Waals surface area contributed by atoms with Crippen LogP contribution in [0.4, 0.5) is 15.8 Å². The summed E-state index contributed by atoms with van der Waals surface area (Å²) in [6, 6.07) is 11.0. The number of fused-ring (bicyclic) bond motifs is 1. The maximum atomic E-state index is 13.2. The van der Waals surface area contributed by atoms with Gasteiger partial charge in [-0.1, -0.05) is 18.2 Å². The fourth-order valence-corrected chi connectivity index (χ4v) is 2.66. The second kappa shape index (κ2) is 4.57. The van der Waals surface area contributed by atoms with Crippen molar-refractivity contribution >= 4 is 11.4 Å². The van der Waals surface area contributed by atoms with Gasteiger partial charge in [0.25, 0.3) is 0 Å². The number of hydrogen-bond donors (Lipinski definition) is 1. The van der Waals surface area contributed by atoms with E-state index in [4.69, 9.17) is 5.73 Å². The normalized spacial score (nSPS) is 13.7. The Hall–Kier alpha value is -2.03. The summed E-state index contributed by atoms with van der Waals surface area (Å²) in [7, 11) is 0. The molecular weight excluding hydrogens is 239 g/mol. The fraction of sp³-hybridized carbons (Fsp3) is 0.250. The molecule has 2 aromatic carbocycles. The van der Waals surface area contributed by atoms with E-state index >= 15 is 0 Å². The minimum atomic E-state index is -0.180. The summed E-state index contributed by atoms with van der Waals surface area (Å²) in [5, 5.41) is 0. The van der Waals surface area contributed by atoms with Crippen molar-refractivity contribution in [3.8, 4) is 0 Å². The van der Waals surface area contributed by atoms with Gasteiger partial charge in [-0.25, -0.2) is 4.39 Å². The van der Waals surface area contributed by atoms with Gasteiger partial charge in [0.1, 0.15) is 5.82 Å². The molecule has 2 nitrogen and oxygen atoms in total. The second-order valence-electron chi connectivity index (χ2n) is 5.14. The SMILES string of the molecule is Cc1cc2c(cc1N)N(Cc1cccc(F)c1)CC2. The Morgan fingerprint density at radius 1 is 1.26 bits per heavy atom.